The summed E-state index contributed by atoms with van der Waals surface area (Å²) < 4.78 is 1.50. The van der Waals surface area contributed by atoms with Crippen molar-refractivity contribution in [3.05, 3.63) is 80.5 Å². The summed E-state index contributed by atoms with van der Waals surface area (Å²) in [7, 11) is 0. The molecule has 0 radical (unpaired) electrons. The number of aryl methyl sites for hydroxylation is 1. The number of aromatic nitrogens is 2. The molecule has 10 nitrogen and oxygen atoms in total. The molecule has 1 N–H and O–H groups in total. The maximum absolute atomic E-state index is 12.7. The smallest absolute Gasteiger partial charge is 0.269 e. The second-order valence-corrected chi connectivity index (χ2v) is 7.77. The minimum absolute atomic E-state index is 0.0149. The van der Waals surface area contributed by atoms with Crippen molar-refractivity contribution in [2.75, 3.05) is 5.32 Å². The first-order chi connectivity index (χ1) is 14.2. The standard InChI is InChI=1S/C19H17N5O5S/c1-12-11-18(22(21-12)14-3-5-15(6-4-14)23(26)27)20-19(25)13(2)30-17-9-7-16(8-10-17)24(28)29/h3-11,13H,1-2H3,(H,20,25). The molecule has 1 atom stereocenters. The first-order valence-electron chi connectivity index (χ1n) is 8.78. The van der Waals surface area contributed by atoms with Gasteiger partial charge in [0.2, 0.25) is 5.91 Å². The largest absolute Gasteiger partial charge is 0.310 e. The van der Waals surface area contributed by atoms with Crippen molar-refractivity contribution in [2.24, 2.45) is 0 Å². The lowest BCUT2D eigenvalue weighted by Crippen LogP contribution is -2.23. The molecule has 0 fully saturated rings. The number of amides is 1. The van der Waals surface area contributed by atoms with E-state index in [1.54, 1.807) is 44.2 Å². The van der Waals surface area contributed by atoms with Gasteiger partial charge in [-0.3, -0.25) is 25.0 Å². The number of nitro groups is 2. The van der Waals surface area contributed by atoms with E-state index in [4.69, 9.17) is 0 Å². The summed E-state index contributed by atoms with van der Waals surface area (Å²) in [5, 5.41) is 28.2. The number of benzene rings is 2. The van der Waals surface area contributed by atoms with Crippen molar-refractivity contribution in [3.63, 3.8) is 0 Å². The lowest BCUT2D eigenvalue weighted by Gasteiger charge is -2.13. The van der Waals surface area contributed by atoms with E-state index in [0.717, 1.165) is 4.90 Å². The lowest BCUT2D eigenvalue weighted by atomic mass is 10.3. The molecule has 0 bridgehead atoms. The summed E-state index contributed by atoms with van der Waals surface area (Å²) in [4.78, 5) is 34.0. The van der Waals surface area contributed by atoms with Crippen LogP contribution in [0.3, 0.4) is 0 Å². The number of rotatable bonds is 7. The van der Waals surface area contributed by atoms with E-state index >= 15 is 0 Å². The molecule has 0 aliphatic heterocycles. The van der Waals surface area contributed by atoms with Gasteiger partial charge in [-0.15, -0.1) is 11.8 Å². The van der Waals surface area contributed by atoms with E-state index in [1.807, 2.05) is 0 Å². The molecule has 2 aromatic carbocycles. The highest BCUT2D eigenvalue weighted by Gasteiger charge is 2.18. The third kappa shape index (κ3) is 4.81. The van der Waals surface area contributed by atoms with E-state index in [1.165, 1.54) is 40.7 Å². The molecule has 1 unspecified atom stereocenters. The van der Waals surface area contributed by atoms with Crippen molar-refractivity contribution in [2.45, 2.75) is 24.0 Å². The molecular formula is C19H17N5O5S. The number of hydrogen-bond donors (Lipinski definition) is 1. The highest BCUT2D eigenvalue weighted by molar-refractivity contribution is 8.00. The fourth-order valence-corrected chi connectivity index (χ4v) is 3.50. The number of carbonyl (C=O) groups is 1. The first kappa shape index (κ1) is 21.0. The van der Waals surface area contributed by atoms with Crippen molar-refractivity contribution in [1.29, 1.82) is 0 Å². The summed E-state index contributed by atoms with van der Waals surface area (Å²) in [6.07, 6.45) is 0. The molecule has 11 heteroatoms. The Kier molecular flexibility index (Phi) is 6.11. The van der Waals surface area contributed by atoms with Crippen LogP contribution in [0.1, 0.15) is 12.6 Å². The molecule has 3 aromatic rings. The van der Waals surface area contributed by atoms with Crippen molar-refractivity contribution < 1.29 is 14.6 Å². The third-order valence-corrected chi connectivity index (χ3v) is 5.23. The number of nitrogens with one attached hydrogen (secondary N) is 1. The number of nitrogens with zero attached hydrogens (tertiary/aromatic N) is 4. The van der Waals surface area contributed by atoms with Gasteiger partial charge in [0.25, 0.3) is 11.4 Å². The molecule has 1 aromatic heterocycles. The second-order valence-electron chi connectivity index (χ2n) is 6.36. The lowest BCUT2D eigenvalue weighted by molar-refractivity contribution is -0.385. The average molecular weight is 427 g/mol. The van der Waals surface area contributed by atoms with Gasteiger partial charge < -0.3 is 5.32 Å². The summed E-state index contributed by atoms with van der Waals surface area (Å²) in [5.41, 5.74) is 1.18. The van der Waals surface area contributed by atoms with Crippen LogP contribution in [0.5, 0.6) is 0 Å². The summed E-state index contributed by atoms with van der Waals surface area (Å²) >= 11 is 1.27. The Morgan fingerprint density at radius 2 is 1.57 bits per heavy atom. The number of non-ortho nitro benzene ring substituents is 2. The van der Waals surface area contributed by atoms with Crippen molar-refractivity contribution in [3.8, 4) is 5.69 Å². The molecule has 1 heterocycles. The van der Waals surface area contributed by atoms with Gasteiger partial charge in [0.15, 0.2) is 0 Å². The van der Waals surface area contributed by atoms with Crippen molar-refractivity contribution in [1.82, 2.24) is 9.78 Å². The van der Waals surface area contributed by atoms with Gasteiger partial charge in [-0.1, -0.05) is 0 Å². The molecule has 1 amide bonds. The Bertz CT molecular complexity index is 1100. The number of hydrogen-bond acceptors (Lipinski definition) is 7. The van der Waals surface area contributed by atoms with E-state index < -0.39 is 15.1 Å². The number of anilines is 1. The van der Waals surface area contributed by atoms with Crippen LogP contribution < -0.4 is 5.32 Å². The summed E-state index contributed by atoms with van der Waals surface area (Å²) in [6, 6.07) is 13.5. The third-order valence-electron chi connectivity index (χ3n) is 4.12. The van der Waals surface area contributed by atoms with E-state index in [0.29, 0.717) is 17.2 Å². The van der Waals surface area contributed by atoms with Crippen LogP contribution in [0.4, 0.5) is 17.2 Å². The van der Waals surface area contributed by atoms with E-state index in [-0.39, 0.29) is 17.3 Å². The van der Waals surface area contributed by atoms with Crippen LogP contribution in [-0.2, 0) is 4.79 Å². The molecular weight excluding hydrogens is 410 g/mol. The van der Waals surface area contributed by atoms with E-state index in [2.05, 4.69) is 10.4 Å². The Morgan fingerprint density at radius 1 is 1.03 bits per heavy atom. The average Bonchev–Trinajstić information content (AvgIpc) is 3.08. The van der Waals surface area contributed by atoms with Crippen LogP contribution in [0.2, 0.25) is 0 Å². The zero-order chi connectivity index (χ0) is 21.8. The first-order valence-corrected chi connectivity index (χ1v) is 9.66. The van der Waals surface area contributed by atoms with E-state index in [9.17, 15) is 25.0 Å². The monoisotopic (exact) mass is 427 g/mol. The molecule has 0 aliphatic rings. The van der Waals surface area contributed by atoms with Crippen LogP contribution in [0, 0.1) is 27.2 Å². The van der Waals surface area contributed by atoms with Gasteiger partial charge in [-0.25, -0.2) is 4.68 Å². The molecule has 0 saturated carbocycles. The summed E-state index contributed by atoms with van der Waals surface area (Å²) in [6.45, 7) is 3.49. The van der Waals surface area contributed by atoms with Crippen molar-refractivity contribution >= 4 is 34.9 Å². The minimum atomic E-state index is -0.488. The van der Waals surface area contributed by atoms with Gasteiger partial charge in [0.05, 0.1) is 26.5 Å². The highest BCUT2D eigenvalue weighted by Crippen LogP contribution is 2.27. The highest BCUT2D eigenvalue weighted by atomic mass is 32.2. The minimum Gasteiger partial charge on any atom is -0.310 e. The van der Waals surface area contributed by atoms with Crippen LogP contribution in [0.25, 0.3) is 5.69 Å². The molecule has 154 valence electrons. The predicted octanol–water partition coefficient (Wildman–Crippen LogP) is 4.12. The number of thioether (sulfide) groups is 1. The topological polar surface area (TPSA) is 133 Å². The Morgan fingerprint density at radius 3 is 2.10 bits per heavy atom. The maximum Gasteiger partial charge on any atom is 0.269 e. The normalized spacial score (nSPS) is 11.7. The molecule has 0 saturated heterocycles. The molecule has 0 aliphatic carbocycles. The predicted molar refractivity (Wildman–Crippen MR) is 112 cm³/mol. The Balaban J connectivity index is 1.73. The van der Waals surface area contributed by atoms with Crippen LogP contribution in [-0.4, -0.2) is 30.8 Å². The van der Waals surface area contributed by atoms with Crippen LogP contribution >= 0.6 is 11.8 Å². The maximum atomic E-state index is 12.7. The zero-order valence-electron chi connectivity index (χ0n) is 16.0. The summed E-state index contributed by atoms with van der Waals surface area (Å²) in [5.74, 6) is 0.156. The van der Waals surface area contributed by atoms with Gasteiger partial charge in [-0.2, -0.15) is 5.10 Å². The zero-order valence-corrected chi connectivity index (χ0v) is 16.8. The second kappa shape index (κ2) is 8.74. The Hall–Kier alpha value is -3.73. The number of nitro benzene ring substituents is 2. The molecule has 30 heavy (non-hydrogen) atoms. The van der Waals surface area contributed by atoms with Gasteiger partial charge in [0.1, 0.15) is 5.82 Å². The molecule has 3 rings (SSSR count). The quantitative estimate of drug-likeness (QED) is 0.341. The van der Waals surface area contributed by atoms with Gasteiger partial charge in [0, 0.05) is 35.2 Å². The van der Waals surface area contributed by atoms with Gasteiger partial charge in [-0.05, 0) is 38.1 Å². The number of carbonyl (C=O) groups excluding carboxylic acids is 1. The fourth-order valence-electron chi connectivity index (χ4n) is 2.63. The fraction of sp³-hybridized carbons (Fsp3) is 0.158. The Labute approximate surface area is 175 Å². The SMILES string of the molecule is Cc1cc(NC(=O)C(C)Sc2ccc([N+](=O)[O-])cc2)n(-c2ccc([N+](=O)[O-])cc2)n1. The van der Waals surface area contributed by atoms with Gasteiger partial charge >= 0.3 is 0 Å². The van der Waals surface area contributed by atoms with Crippen LogP contribution in [0.15, 0.2) is 59.5 Å². The molecule has 0 spiro atoms.